The van der Waals surface area contributed by atoms with Crippen LogP contribution in [0.4, 0.5) is 0 Å². The molecule has 1 atom stereocenters. The van der Waals surface area contributed by atoms with Gasteiger partial charge in [-0.05, 0) is 83.5 Å². The summed E-state index contributed by atoms with van der Waals surface area (Å²) in [6.45, 7) is 7.78. The first-order valence-electron chi connectivity index (χ1n) is 28.8. The summed E-state index contributed by atoms with van der Waals surface area (Å²) in [5, 5.41) is 0. The Morgan fingerprint density at radius 3 is 1.11 bits per heavy atom. The number of esters is 2. The fourth-order valence-electron chi connectivity index (χ4n) is 8.20. The molecule has 5 nitrogen and oxygen atoms in total. The molecule has 0 amide bonds. The van der Waals surface area contributed by atoms with Crippen molar-refractivity contribution >= 4 is 11.9 Å². The van der Waals surface area contributed by atoms with Gasteiger partial charge in [0.15, 0.2) is 6.10 Å². The summed E-state index contributed by atoms with van der Waals surface area (Å²) in [5.41, 5.74) is 0. The lowest BCUT2D eigenvalue weighted by atomic mass is 10.0. The highest BCUT2D eigenvalue weighted by Gasteiger charge is 2.17. The van der Waals surface area contributed by atoms with E-state index < -0.39 is 6.10 Å². The fourth-order valence-corrected chi connectivity index (χ4v) is 8.20. The van der Waals surface area contributed by atoms with Crippen molar-refractivity contribution < 1.29 is 23.8 Å². The number of unbranched alkanes of at least 4 members (excludes halogenated alkanes) is 32. The number of carbonyl (C=O) groups is 2. The van der Waals surface area contributed by atoms with Crippen molar-refractivity contribution in [2.24, 2.45) is 0 Å². The smallest absolute Gasteiger partial charge is 0.306 e. The Morgan fingerprint density at radius 1 is 0.333 bits per heavy atom. The summed E-state index contributed by atoms with van der Waals surface area (Å²) in [6.07, 6.45) is 72.4. The predicted octanol–water partition coefficient (Wildman–Crippen LogP) is 19.7. The average Bonchev–Trinajstić information content (AvgIpc) is 3.32. The summed E-state index contributed by atoms with van der Waals surface area (Å²) in [5.74, 6) is -0.454. The lowest BCUT2D eigenvalue weighted by molar-refractivity contribution is -0.162. The number of rotatable bonds is 53. The molecule has 0 aliphatic heterocycles. The fraction of sp³-hybridized carbons (Fsp3) is 0.803. The normalized spacial score (nSPS) is 12.6. The molecule has 384 valence electrons. The second-order valence-electron chi connectivity index (χ2n) is 19.2. The van der Waals surface area contributed by atoms with Gasteiger partial charge in [-0.2, -0.15) is 0 Å². The van der Waals surface area contributed by atoms with Crippen LogP contribution in [-0.4, -0.2) is 37.9 Å². The molecule has 0 aliphatic rings. The Kier molecular flexibility index (Phi) is 54.9. The summed E-state index contributed by atoms with van der Waals surface area (Å²) < 4.78 is 17.4. The Bertz CT molecular complexity index is 1130. The standard InChI is InChI=1S/C61H110O5/c1-4-7-10-13-16-19-22-25-28-31-33-36-39-42-45-48-51-54-60(62)65-58-59(57-64-56-53-50-47-44-41-38-35-30-27-24-21-18-15-12-9-6-3)66-61(63)55-52-49-46-43-40-37-34-32-29-26-23-20-17-14-11-8-5-2/h17,20,25-26,28-29,34,37,43,46,59H,4-16,18-19,21-24,27,30-33,35-36,38-42,44-45,47-58H2,1-3H3/b20-17-,28-25-,29-26-,37-34-,46-43-/t59-/m1/s1. The van der Waals surface area contributed by atoms with E-state index in [9.17, 15) is 9.59 Å². The maximum atomic E-state index is 12.8. The molecule has 5 heteroatoms. The Balaban J connectivity index is 4.34. The molecule has 0 aromatic rings. The van der Waals surface area contributed by atoms with E-state index in [4.69, 9.17) is 14.2 Å². The molecule has 0 fully saturated rings. The van der Waals surface area contributed by atoms with E-state index in [-0.39, 0.29) is 25.2 Å². The minimum atomic E-state index is -0.565. The highest BCUT2D eigenvalue weighted by Crippen LogP contribution is 2.15. The van der Waals surface area contributed by atoms with Gasteiger partial charge in [0, 0.05) is 19.4 Å². The van der Waals surface area contributed by atoms with Crippen molar-refractivity contribution in [1.29, 1.82) is 0 Å². The molecule has 0 bridgehead atoms. The van der Waals surface area contributed by atoms with Gasteiger partial charge in [-0.25, -0.2) is 0 Å². The van der Waals surface area contributed by atoms with Gasteiger partial charge in [0.2, 0.25) is 0 Å². The van der Waals surface area contributed by atoms with Gasteiger partial charge in [-0.3, -0.25) is 9.59 Å². The van der Waals surface area contributed by atoms with Gasteiger partial charge in [-0.15, -0.1) is 0 Å². The lowest BCUT2D eigenvalue weighted by Gasteiger charge is -2.18. The number of carbonyl (C=O) groups excluding carboxylic acids is 2. The third-order valence-corrected chi connectivity index (χ3v) is 12.5. The zero-order valence-electron chi connectivity index (χ0n) is 44.2. The van der Waals surface area contributed by atoms with Crippen LogP contribution in [0.1, 0.15) is 290 Å². The van der Waals surface area contributed by atoms with Crippen LogP contribution in [0.2, 0.25) is 0 Å². The van der Waals surface area contributed by atoms with Gasteiger partial charge in [0.25, 0.3) is 0 Å². The highest BCUT2D eigenvalue weighted by molar-refractivity contribution is 5.70. The van der Waals surface area contributed by atoms with Crippen LogP contribution in [-0.2, 0) is 23.8 Å². The van der Waals surface area contributed by atoms with Crippen LogP contribution in [0.5, 0.6) is 0 Å². The molecular weight excluding hydrogens is 813 g/mol. The minimum absolute atomic E-state index is 0.0636. The third-order valence-electron chi connectivity index (χ3n) is 12.5. The quantitative estimate of drug-likeness (QED) is 0.0346. The Morgan fingerprint density at radius 2 is 0.652 bits per heavy atom. The molecule has 0 aliphatic carbocycles. The first-order valence-corrected chi connectivity index (χ1v) is 28.8. The van der Waals surface area contributed by atoms with E-state index in [1.807, 2.05) is 0 Å². The lowest BCUT2D eigenvalue weighted by Crippen LogP contribution is -2.30. The molecular formula is C61H110O5. The van der Waals surface area contributed by atoms with Crippen LogP contribution in [0.3, 0.4) is 0 Å². The van der Waals surface area contributed by atoms with Gasteiger partial charge in [0.05, 0.1) is 6.61 Å². The molecule has 0 saturated carbocycles. The second-order valence-corrected chi connectivity index (χ2v) is 19.2. The molecule has 0 radical (unpaired) electrons. The maximum absolute atomic E-state index is 12.8. The first kappa shape index (κ1) is 63.6. The molecule has 0 rings (SSSR count). The van der Waals surface area contributed by atoms with Crippen molar-refractivity contribution in [2.75, 3.05) is 19.8 Å². The van der Waals surface area contributed by atoms with Crippen molar-refractivity contribution in [3.63, 3.8) is 0 Å². The van der Waals surface area contributed by atoms with Crippen LogP contribution in [0.15, 0.2) is 60.8 Å². The topological polar surface area (TPSA) is 61.8 Å². The summed E-state index contributed by atoms with van der Waals surface area (Å²) in [4.78, 5) is 25.5. The molecule has 66 heavy (non-hydrogen) atoms. The molecule has 0 heterocycles. The highest BCUT2D eigenvalue weighted by atomic mass is 16.6. The number of hydrogen-bond donors (Lipinski definition) is 0. The summed E-state index contributed by atoms with van der Waals surface area (Å²) in [6, 6.07) is 0. The number of hydrogen-bond acceptors (Lipinski definition) is 5. The minimum Gasteiger partial charge on any atom is -0.462 e. The molecule has 0 unspecified atom stereocenters. The maximum Gasteiger partial charge on any atom is 0.306 e. The van der Waals surface area contributed by atoms with Crippen LogP contribution in [0.25, 0.3) is 0 Å². The van der Waals surface area contributed by atoms with E-state index in [0.29, 0.717) is 19.4 Å². The number of allylic oxidation sites excluding steroid dienone is 10. The van der Waals surface area contributed by atoms with Crippen molar-refractivity contribution in [3.8, 4) is 0 Å². The average molecular weight is 924 g/mol. The largest absolute Gasteiger partial charge is 0.462 e. The zero-order valence-corrected chi connectivity index (χ0v) is 44.2. The Hall–Kier alpha value is -2.40. The van der Waals surface area contributed by atoms with Gasteiger partial charge in [0.1, 0.15) is 6.61 Å². The molecule has 0 aromatic heterocycles. The molecule has 0 N–H and O–H groups in total. The summed E-state index contributed by atoms with van der Waals surface area (Å²) >= 11 is 0. The van der Waals surface area contributed by atoms with E-state index >= 15 is 0 Å². The molecule has 0 aromatic carbocycles. The molecule has 0 spiro atoms. The van der Waals surface area contributed by atoms with E-state index in [1.54, 1.807) is 0 Å². The van der Waals surface area contributed by atoms with Crippen molar-refractivity contribution in [2.45, 2.75) is 297 Å². The van der Waals surface area contributed by atoms with Crippen molar-refractivity contribution in [1.82, 2.24) is 0 Å². The first-order chi connectivity index (χ1) is 32.6. The van der Waals surface area contributed by atoms with E-state index in [0.717, 1.165) is 64.2 Å². The molecule has 0 saturated heterocycles. The van der Waals surface area contributed by atoms with Gasteiger partial charge < -0.3 is 14.2 Å². The van der Waals surface area contributed by atoms with Crippen LogP contribution >= 0.6 is 0 Å². The van der Waals surface area contributed by atoms with Crippen molar-refractivity contribution in [3.05, 3.63) is 60.8 Å². The monoisotopic (exact) mass is 923 g/mol. The van der Waals surface area contributed by atoms with E-state index in [2.05, 4.69) is 81.5 Å². The summed E-state index contributed by atoms with van der Waals surface area (Å²) in [7, 11) is 0. The van der Waals surface area contributed by atoms with Crippen LogP contribution < -0.4 is 0 Å². The second kappa shape index (κ2) is 56.9. The van der Waals surface area contributed by atoms with Crippen LogP contribution in [0, 0.1) is 0 Å². The zero-order chi connectivity index (χ0) is 47.7. The Labute approximate surface area is 411 Å². The predicted molar refractivity (Wildman–Crippen MR) is 288 cm³/mol. The third kappa shape index (κ3) is 54.2. The SMILES string of the molecule is CCCCC/C=C\C/C=C\C/C=C\C/C=C\CCCC(=O)O[C@H](COCCCCCCCCCCCCCCCCCC)COC(=O)CCCCCCCCC/C=C\CCCCCCCC. The van der Waals surface area contributed by atoms with E-state index in [1.165, 1.54) is 193 Å². The van der Waals surface area contributed by atoms with Gasteiger partial charge in [-0.1, -0.05) is 255 Å². The van der Waals surface area contributed by atoms with Gasteiger partial charge >= 0.3 is 11.9 Å². The number of ether oxygens (including phenoxy) is 3.